The molecule has 15 heavy (non-hydrogen) atoms. The Labute approximate surface area is 89.9 Å². The van der Waals surface area contributed by atoms with E-state index < -0.39 is 0 Å². The fourth-order valence-corrected chi connectivity index (χ4v) is 1.89. The molecule has 0 aliphatic carbocycles. The van der Waals surface area contributed by atoms with Crippen LogP contribution < -0.4 is 5.73 Å². The van der Waals surface area contributed by atoms with Crippen molar-refractivity contribution < 1.29 is 4.74 Å². The SMILES string of the molecule is NCCc1nccc(C2CCOCC2)n1. The van der Waals surface area contributed by atoms with Crippen molar-refractivity contribution in [3.8, 4) is 0 Å². The molecule has 0 unspecified atom stereocenters. The molecule has 0 spiro atoms. The maximum Gasteiger partial charge on any atom is 0.129 e. The monoisotopic (exact) mass is 207 g/mol. The van der Waals surface area contributed by atoms with Crippen LogP contribution in [0.4, 0.5) is 0 Å². The first-order chi connectivity index (χ1) is 7.40. The van der Waals surface area contributed by atoms with E-state index in [1.54, 1.807) is 0 Å². The molecule has 0 saturated carbocycles. The van der Waals surface area contributed by atoms with Gasteiger partial charge in [-0.05, 0) is 25.5 Å². The molecule has 0 bridgehead atoms. The van der Waals surface area contributed by atoms with Gasteiger partial charge in [0.2, 0.25) is 0 Å². The summed E-state index contributed by atoms with van der Waals surface area (Å²) in [6, 6.07) is 2.01. The normalized spacial score (nSPS) is 17.9. The van der Waals surface area contributed by atoms with Gasteiger partial charge < -0.3 is 10.5 Å². The van der Waals surface area contributed by atoms with Gasteiger partial charge in [-0.25, -0.2) is 9.97 Å². The largest absolute Gasteiger partial charge is 0.381 e. The van der Waals surface area contributed by atoms with Gasteiger partial charge in [0.15, 0.2) is 0 Å². The molecule has 4 nitrogen and oxygen atoms in total. The maximum absolute atomic E-state index is 5.49. The van der Waals surface area contributed by atoms with E-state index in [1.165, 1.54) is 0 Å². The standard InChI is InChI=1S/C11H17N3O/c12-5-1-11-13-6-2-10(14-11)9-3-7-15-8-4-9/h2,6,9H,1,3-5,7-8,12H2. The lowest BCUT2D eigenvalue weighted by Crippen LogP contribution is -2.16. The summed E-state index contributed by atoms with van der Waals surface area (Å²) < 4.78 is 5.34. The van der Waals surface area contributed by atoms with E-state index in [9.17, 15) is 0 Å². The van der Waals surface area contributed by atoms with E-state index in [0.717, 1.165) is 44.0 Å². The van der Waals surface area contributed by atoms with Crippen molar-refractivity contribution in [3.63, 3.8) is 0 Å². The first-order valence-corrected chi connectivity index (χ1v) is 5.50. The van der Waals surface area contributed by atoms with Crippen LogP contribution in [0.15, 0.2) is 12.3 Å². The lowest BCUT2D eigenvalue weighted by Gasteiger charge is -2.21. The summed E-state index contributed by atoms with van der Waals surface area (Å²) in [4.78, 5) is 8.74. The van der Waals surface area contributed by atoms with Gasteiger partial charge in [-0.3, -0.25) is 0 Å². The van der Waals surface area contributed by atoms with E-state index in [4.69, 9.17) is 10.5 Å². The molecule has 1 aliphatic heterocycles. The van der Waals surface area contributed by atoms with Crippen molar-refractivity contribution in [1.82, 2.24) is 9.97 Å². The highest BCUT2D eigenvalue weighted by molar-refractivity contribution is 5.09. The summed E-state index contributed by atoms with van der Waals surface area (Å²) in [6.07, 6.45) is 4.73. The summed E-state index contributed by atoms with van der Waals surface area (Å²) in [5.74, 6) is 1.40. The zero-order valence-electron chi connectivity index (χ0n) is 8.85. The van der Waals surface area contributed by atoms with Crippen LogP contribution in [0.25, 0.3) is 0 Å². The predicted octanol–water partition coefficient (Wildman–Crippen LogP) is 0.872. The molecule has 0 amide bonds. The number of hydrogen-bond acceptors (Lipinski definition) is 4. The average Bonchev–Trinajstić information content (AvgIpc) is 2.31. The fourth-order valence-electron chi connectivity index (χ4n) is 1.89. The molecule has 2 N–H and O–H groups in total. The number of aromatic nitrogens is 2. The van der Waals surface area contributed by atoms with Gasteiger partial charge in [-0.1, -0.05) is 0 Å². The molecular weight excluding hydrogens is 190 g/mol. The van der Waals surface area contributed by atoms with Crippen molar-refractivity contribution in [2.24, 2.45) is 5.73 Å². The lowest BCUT2D eigenvalue weighted by atomic mass is 9.96. The third-order valence-corrected chi connectivity index (χ3v) is 2.73. The van der Waals surface area contributed by atoms with E-state index in [2.05, 4.69) is 9.97 Å². The minimum atomic E-state index is 0.540. The van der Waals surface area contributed by atoms with Crippen LogP contribution in [0.5, 0.6) is 0 Å². The third kappa shape index (κ3) is 2.73. The molecule has 0 atom stereocenters. The smallest absolute Gasteiger partial charge is 0.129 e. The molecule has 1 aliphatic rings. The van der Waals surface area contributed by atoms with E-state index >= 15 is 0 Å². The summed E-state index contributed by atoms with van der Waals surface area (Å²) in [6.45, 7) is 2.30. The molecular formula is C11H17N3O. The molecule has 0 aromatic carbocycles. The molecule has 2 rings (SSSR count). The summed E-state index contributed by atoms with van der Waals surface area (Å²) in [5, 5.41) is 0. The van der Waals surface area contributed by atoms with Crippen LogP contribution in [0.3, 0.4) is 0 Å². The number of hydrogen-bond donors (Lipinski definition) is 1. The quantitative estimate of drug-likeness (QED) is 0.799. The Kier molecular flexibility index (Phi) is 3.64. The summed E-state index contributed by atoms with van der Waals surface area (Å²) in [7, 11) is 0. The number of nitrogens with two attached hydrogens (primary N) is 1. The highest BCUT2D eigenvalue weighted by Gasteiger charge is 2.17. The number of nitrogens with zero attached hydrogens (tertiary/aromatic N) is 2. The fraction of sp³-hybridized carbons (Fsp3) is 0.636. The first-order valence-electron chi connectivity index (χ1n) is 5.50. The lowest BCUT2D eigenvalue weighted by molar-refractivity contribution is 0.0844. The average molecular weight is 207 g/mol. The van der Waals surface area contributed by atoms with Crippen molar-refractivity contribution in [1.29, 1.82) is 0 Å². The Morgan fingerprint density at radius 2 is 2.20 bits per heavy atom. The van der Waals surface area contributed by atoms with E-state index in [1.807, 2.05) is 12.3 Å². The Morgan fingerprint density at radius 3 is 2.93 bits per heavy atom. The molecule has 1 aromatic heterocycles. The van der Waals surface area contributed by atoms with Crippen LogP contribution in [-0.2, 0) is 11.2 Å². The van der Waals surface area contributed by atoms with E-state index in [0.29, 0.717) is 12.5 Å². The first kappa shape index (κ1) is 10.5. The van der Waals surface area contributed by atoms with Gasteiger partial charge in [-0.2, -0.15) is 0 Å². The van der Waals surface area contributed by atoms with Gasteiger partial charge >= 0.3 is 0 Å². The van der Waals surface area contributed by atoms with Crippen LogP contribution >= 0.6 is 0 Å². The van der Waals surface area contributed by atoms with Crippen molar-refractivity contribution in [2.45, 2.75) is 25.2 Å². The molecule has 0 radical (unpaired) electrons. The van der Waals surface area contributed by atoms with Gasteiger partial charge in [0, 0.05) is 37.4 Å². The molecule has 4 heteroatoms. The topological polar surface area (TPSA) is 61.0 Å². The number of rotatable bonds is 3. The Balaban J connectivity index is 2.09. The van der Waals surface area contributed by atoms with Crippen LogP contribution in [0.1, 0.15) is 30.3 Å². The van der Waals surface area contributed by atoms with Gasteiger partial charge in [0.1, 0.15) is 5.82 Å². The van der Waals surface area contributed by atoms with Gasteiger partial charge in [-0.15, -0.1) is 0 Å². The zero-order chi connectivity index (χ0) is 10.5. The minimum absolute atomic E-state index is 0.540. The highest BCUT2D eigenvalue weighted by atomic mass is 16.5. The second-order valence-electron chi connectivity index (χ2n) is 3.82. The van der Waals surface area contributed by atoms with Crippen molar-refractivity contribution >= 4 is 0 Å². The highest BCUT2D eigenvalue weighted by Crippen LogP contribution is 2.24. The minimum Gasteiger partial charge on any atom is -0.381 e. The second-order valence-corrected chi connectivity index (χ2v) is 3.82. The molecule has 1 fully saturated rings. The van der Waals surface area contributed by atoms with Crippen LogP contribution in [0.2, 0.25) is 0 Å². The summed E-state index contributed by atoms with van der Waals surface area (Å²) in [5.41, 5.74) is 6.64. The predicted molar refractivity (Wildman–Crippen MR) is 57.6 cm³/mol. The van der Waals surface area contributed by atoms with Crippen LogP contribution in [0, 0.1) is 0 Å². The van der Waals surface area contributed by atoms with Crippen molar-refractivity contribution in [2.75, 3.05) is 19.8 Å². The maximum atomic E-state index is 5.49. The Bertz CT molecular complexity index is 310. The molecule has 1 aromatic rings. The van der Waals surface area contributed by atoms with Gasteiger partial charge in [0.25, 0.3) is 0 Å². The second kappa shape index (κ2) is 5.19. The van der Waals surface area contributed by atoms with Gasteiger partial charge in [0.05, 0.1) is 0 Å². The van der Waals surface area contributed by atoms with Crippen LogP contribution in [-0.4, -0.2) is 29.7 Å². The van der Waals surface area contributed by atoms with Crippen molar-refractivity contribution in [3.05, 3.63) is 23.8 Å². The Hall–Kier alpha value is -1.00. The summed E-state index contributed by atoms with van der Waals surface area (Å²) >= 11 is 0. The third-order valence-electron chi connectivity index (χ3n) is 2.73. The molecule has 82 valence electrons. The number of ether oxygens (including phenoxy) is 1. The Morgan fingerprint density at radius 1 is 1.40 bits per heavy atom. The molecule has 1 saturated heterocycles. The zero-order valence-corrected chi connectivity index (χ0v) is 8.85. The molecule has 2 heterocycles. The van der Waals surface area contributed by atoms with E-state index in [-0.39, 0.29) is 0 Å².